The fraction of sp³-hybridized carbons (Fsp3) is 0.167. The molecule has 0 radical (unpaired) electrons. The number of amides is 1. The first kappa shape index (κ1) is 15.6. The lowest BCUT2D eigenvalue weighted by molar-refractivity contribution is 0.103. The van der Waals surface area contributed by atoms with E-state index in [0.29, 0.717) is 16.1 Å². The van der Waals surface area contributed by atoms with Crippen LogP contribution in [0.1, 0.15) is 20.9 Å². The summed E-state index contributed by atoms with van der Waals surface area (Å²) in [6.45, 7) is 3.77. The number of anilines is 1. The Kier molecular flexibility index (Phi) is 3.47. The molecule has 3 aromatic heterocycles. The monoisotopic (exact) mass is 353 g/mol. The Balaban J connectivity index is 1.68. The van der Waals surface area contributed by atoms with Crippen molar-refractivity contribution in [3.8, 4) is 0 Å². The van der Waals surface area contributed by atoms with E-state index in [2.05, 4.69) is 10.4 Å². The fourth-order valence-corrected chi connectivity index (χ4v) is 3.93. The van der Waals surface area contributed by atoms with E-state index >= 15 is 0 Å². The van der Waals surface area contributed by atoms with Gasteiger partial charge in [0, 0.05) is 35.6 Å². The number of carbonyl (C=O) groups is 1. The van der Waals surface area contributed by atoms with Crippen LogP contribution in [0.15, 0.2) is 39.5 Å². The molecular formula is C18H15N3O3S. The molecule has 0 unspecified atom stereocenters. The average Bonchev–Trinajstić information content (AvgIpc) is 3.09. The van der Waals surface area contributed by atoms with E-state index in [-0.39, 0.29) is 5.91 Å². The van der Waals surface area contributed by atoms with Crippen LogP contribution < -0.4 is 10.9 Å². The second-order valence-corrected chi connectivity index (χ2v) is 6.98. The molecule has 1 N–H and O–H groups in total. The molecule has 0 saturated heterocycles. The second kappa shape index (κ2) is 5.56. The highest BCUT2D eigenvalue weighted by atomic mass is 32.1. The molecule has 6 nitrogen and oxygen atoms in total. The Morgan fingerprint density at radius 1 is 1.20 bits per heavy atom. The lowest BCUT2D eigenvalue weighted by Gasteiger charge is -2.06. The van der Waals surface area contributed by atoms with Crippen LogP contribution in [0, 0.1) is 13.8 Å². The number of nitrogens with zero attached hydrogens (tertiary/aromatic N) is 2. The van der Waals surface area contributed by atoms with Crippen LogP contribution in [0.25, 0.3) is 21.2 Å². The number of rotatable bonds is 2. The summed E-state index contributed by atoms with van der Waals surface area (Å²) in [5.74, 6) is -0.199. The SMILES string of the molecule is Cc1cc(=O)oc2cc(NC(=O)c3cc4c(C)nn(C)c4s3)ccc12. The van der Waals surface area contributed by atoms with Gasteiger partial charge in [0.15, 0.2) is 0 Å². The van der Waals surface area contributed by atoms with Gasteiger partial charge in [-0.15, -0.1) is 11.3 Å². The van der Waals surface area contributed by atoms with Crippen molar-refractivity contribution in [2.45, 2.75) is 13.8 Å². The molecule has 25 heavy (non-hydrogen) atoms. The van der Waals surface area contributed by atoms with Gasteiger partial charge in [0.1, 0.15) is 10.4 Å². The van der Waals surface area contributed by atoms with E-state index in [1.54, 1.807) is 16.8 Å². The number of nitrogens with one attached hydrogen (secondary N) is 1. The van der Waals surface area contributed by atoms with Crippen LogP contribution in [0.4, 0.5) is 5.69 Å². The van der Waals surface area contributed by atoms with Gasteiger partial charge in [-0.2, -0.15) is 5.10 Å². The number of benzene rings is 1. The lowest BCUT2D eigenvalue weighted by atomic mass is 10.1. The van der Waals surface area contributed by atoms with Crippen molar-refractivity contribution in [3.05, 3.63) is 56.9 Å². The summed E-state index contributed by atoms with van der Waals surface area (Å²) in [4.78, 5) is 25.7. The van der Waals surface area contributed by atoms with Crippen molar-refractivity contribution in [2.24, 2.45) is 7.05 Å². The second-order valence-electron chi connectivity index (χ2n) is 5.95. The van der Waals surface area contributed by atoms with E-state index in [9.17, 15) is 9.59 Å². The minimum atomic E-state index is -0.402. The van der Waals surface area contributed by atoms with Crippen LogP contribution in [0.5, 0.6) is 0 Å². The molecule has 1 aromatic carbocycles. The summed E-state index contributed by atoms with van der Waals surface area (Å²) < 4.78 is 7.00. The van der Waals surface area contributed by atoms with Gasteiger partial charge in [-0.05, 0) is 37.6 Å². The van der Waals surface area contributed by atoms with Crippen molar-refractivity contribution in [1.82, 2.24) is 9.78 Å². The molecule has 0 fully saturated rings. The van der Waals surface area contributed by atoms with Gasteiger partial charge in [0.2, 0.25) is 0 Å². The standard InChI is InChI=1S/C18H15N3O3S/c1-9-6-16(22)24-14-7-11(4-5-12(9)14)19-17(23)15-8-13-10(2)20-21(3)18(13)25-15/h4-8H,1-3H3,(H,19,23). The van der Waals surface area contributed by atoms with Gasteiger partial charge in [-0.1, -0.05) is 0 Å². The lowest BCUT2D eigenvalue weighted by Crippen LogP contribution is -2.10. The molecule has 0 atom stereocenters. The number of aromatic nitrogens is 2. The van der Waals surface area contributed by atoms with Gasteiger partial charge >= 0.3 is 5.63 Å². The van der Waals surface area contributed by atoms with Gasteiger partial charge in [-0.25, -0.2) is 4.79 Å². The molecule has 0 aliphatic carbocycles. The van der Waals surface area contributed by atoms with Crippen LogP contribution in [0.2, 0.25) is 0 Å². The van der Waals surface area contributed by atoms with E-state index < -0.39 is 5.63 Å². The Labute approximate surface area is 146 Å². The first-order chi connectivity index (χ1) is 11.9. The molecule has 7 heteroatoms. The summed E-state index contributed by atoms with van der Waals surface area (Å²) in [5, 5.41) is 9.03. The summed E-state index contributed by atoms with van der Waals surface area (Å²) >= 11 is 1.40. The molecule has 4 aromatic rings. The third-order valence-corrected chi connectivity index (χ3v) is 5.33. The maximum absolute atomic E-state index is 12.6. The Hall–Kier alpha value is -2.93. The van der Waals surface area contributed by atoms with Gasteiger partial charge in [-0.3, -0.25) is 9.48 Å². The molecule has 4 rings (SSSR count). The number of aryl methyl sites for hydroxylation is 3. The first-order valence-corrected chi connectivity index (χ1v) is 8.53. The predicted octanol–water partition coefficient (Wildman–Crippen LogP) is 3.61. The zero-order valence-electron chi connectivity index (χ0n) is 13.9. The number of hydrogen-bond donors (Lipinski definition) is 1. The smallest absolute Gasteiger partial charge is 0.336 e. The molecular weight excluding hydrogens is 338 g/mol. The van der Waals surface area contributed by atoms with Crippen molar-refractivity contribution in [1.29, 1.82) is 0 Å². The van der Waals surface area contributed by atoms with E-state index in [1.807, 2.05) is 33.0 Å². The average molecular weight is 353 g/mol. The minimum absolute atomic E-state index is 0.199. The van der Waals surface area contributed by atoms with Crippen LogP contribution in [0.3, 0.4) is 0 Å². The van der Waals surface area contributed by atoms with Gasteiger partial charge in [0.25, 0.3) is 5.91 Å². The highest BCUT2D eigenvalue weighted by Crippen LogP contribution is 2.28. The molecule has 3 heterocycles. The van der Waals surface area contributed by atoms with Crippen molar-refractivity contribution in [2.75, 3.05) is 5.32 Å². The minimum Gasteiger partial charge on any atom is -0.423 e. The molecule has 1 amide bonds. The van der Waals surface area contributed by atoms with Crippen molar-refractivity contribution >= 4 is 44.1 Å². The molecule has 0 aliphatic rings. The van der Waals surface area contributed by atoms with E-state index in [0.717, 1.165) is 26.9 Å². The molecule has 0 bridgehead atoms. The van der Waals surface area contributed by atoms with Gasteiger partial charge in [0.05, 0.1) is 10.6 Å². The quantitative estimate of drug-likeness (QED) is 0.559. The van der Waals surface area contributed by atoms with E-state index in [1.165, 1.54) is 17.4 Å². The summed E-state index contributed by atoms with van der Waals surface area (Å²) in [6, 6.07) is 8.61. The Bertz CT molecular complexity index is 1170. The molecule has 0 aliphatic heterocycles. The zero-order valence-corrected chi connectivity index (χ0v) is 14.7. The van der Waals surface area contributed by atoms with Gasteiger partial charge < -0.3 is 9.73 Å². The molecule has 126 valence electrons. The normalized spacial score (nSPS) is 11.3. The Morgan fingerprint density at radius 2 is 2.00 bits per heavy atom. The maximum Gasteiger partial charge on any atom is 0.336 e. The topological polar surface area (TPSA) is 77.1 Å². The van der Waals surface area contributed by atoms with Crippen LogP contribution in [-0.2, 0) is 7.05 Å². The maximum atomic E-state index is 12.6. The first-order valence-electron chi connectivity index (χ1n) is 7.71. The number of carbonyl (C=O) groups excluding carboxylic acids is 1. The molecule has 0 spiro atoms. The summed E-state index contributed by atoms with van der Waals surface area (Å²) in [6.07, 6.45) is 0. The molecule has 0 saturated carbocycles. The zero-order chi connectivity index (χ0) is 17.7. The highest BCUT2D eigenvalue weighted by Gasteiger charge is 2.15. The van der Waals surface area contributed by atoms with Crippen molar-refractivity contribution in [3.63, 3.8) is 0 Å². The largest absolute Gasteiger partial charge is 0.423 e. The fourth-order valence-electron chi connectivity index (χ4n) is 2.91. The predicted molar refractivity (Wildman–Crippen MR) is 98.5 cm³/mol. The number of hydrogen-bond acceptors (Lipinski definition) is 5. The van der Waals surface area contributed by atoms with E-state index in [4.69, 9.17) is 4.42 Å². The highest BCUT2D eigenvalue weighted by molar-refractivity contribution is 7.20. The third-order valence-electron chi connectivity index (χ3n) is 4.13. The number of fused-ring (bicyclic) bond motifs is 2. The summed E-state index contributed by atoms with van der Waals surface area (Å²) in [7, 11) is 1.86. The van der Waals surface area contributed by atoms with Crippen LogP contribution in [-0.4, -0.2) is 15.7 Å². The van der Waals surface area contributed by atoms with Crippen molar-refractivity contribution < 1.29 is 9.21 Å². The summed E-state index contributed by atoms with van der Waals surface area (Å²) in [5.41, 5.74) is 2.38. The van der Waals surface area contributed by atoms with Crippen LogP contribution >= 0.6 is 11.3 Å². The third kappa shape index (κ3) is 2.62. The Morgan fingerprint density at radius 3 is 2.76 bits per heavy atom. The number of thiophene rings is 1.